The van der Waals surface area contributed by atoms with Crippen molar-refractivity contribution in [3.8, 4) is 11.5 Å². The van der Waals surface area contributed by atoms with Gasteiger partial charge in [-0.3, -0.25) is 10.4 Å². The van der Waals surface area contributed by atoms with Gasteiger partial charge in [-0.15, -0.1) is 0 Å². The second kappa shape index (κ2) is 8.39. The first-order valence-corrected chi connectivity index (χ1v) is 9.95. The molecule has 0 fully saturated rings. The number of methoxy groups -OCH3 is 2. The Bertz CT molecular complexity index is 1010. The molecular formula is C21H21N3O3S. The molecule has 0 saturated carbocycles. The van der Waals surface area contributed by atoms with Crippen LogP contribution in [0.3, 0.4) is 0 Å². The van der Waals surface area contributed by atoms with Crippen LogP contribution in [0.1, 0.15) is 11.3 Å². The van der Waals surface area contributed by atoms with E-state index in [-0.39, 0.29) is 0 Å². The van der Waals surface area contributed by atoms with Crippen molar-refractivity contribution in [3.05, 3.63) is 59.9 Å². The van der Waals surface area contributed by atoms with Crippen molar-refractivity contribution < 1.29 is 13.9 Å². The molecule has 1 aromatic heterocycles. The van der Waals surface area contributed by atoms with E-state index in [1.165, 1.54) is 0 Å². The number of para-hydroxylation sites is 1. The number of hydrogen-bond donors (Lipinski definition) is 1. The zero-order chi connectivity index (χ0) is 19.3. The van der Waals surface area contributed by atoms with Gasteiger partial charge in [0, 0.05) is 17.7 Å². The zero-order valence-electron chi connectivity index (χ0n) is 15.8. The predicted octanol–water partition coefficient (Wildman–Crippen LogP) is 4.09. The van der Waals surface area contributed by atoms with Crippen LogP contribution in [0.4, 0.5) is 0 Å². The van der Waals surface area contributed by atoms with Gasteiger partial charge < -0.3 is 13.9 Å². The summed E-state index contributed by atoms with van der Waals surface area (Å²) in [6, 6.07) is 15.9. The number of furan rings is 1. The minimum atomic E-state index is 0.667. The molecule has 0 atom stereocenters. The van der Waals surface area contributed by atoms with E-state index in [2.05, 4.69) is 15.5 Å². The quantitative estimate of drug-likeness (QED) is 0.681. The third-order valence-corrected chi connectivity index (χ3v) is 5.36. The summed E-state index contributed by atoms with van der Waals surface area (Å²) in [6.45, 7) is 0.667. The lowest BCUT2D eigenvalue weighted by Gasteiger charge is -2.13. The topological polar surface area (TPSA) is 68.3 Å². The Hall–Kier alpha value is -2.93. The van der Waals surface area contributed by atoms with E-state index in [0.29, 0.717) is 6.54 Å². The molecule has 3 aromatic rings. The second-order valence-electron chi connectivity index (χ2n) is 6.23. The minimum Gasteiger partial charge on any atom is -0.493 e. The average Bonchev–Trinajstić information content (AvgIpc) is 3.18. The molecule has 0 saturated heterocycles. The Morgan fingerprint density at radius 1 is 1.11 bits per heavy atom. The first-order valence-electron chi connectivity index (χ1n) is 8.96. The Labute approximate surface area is 167 Å². The number of benzene rings is 2. The van der Waals surface area contributed by atoms with E-state index in [4.69, 9.17) is 13.9 Å². The van der Waals surface area contributed by atoms with E-state index in [1.807, 2.05) is 48.5 Å². The number of hydrazone groups is 1. The maximum atomic E-state index is 5.88. The molecule has 0 spiro atoms. The molecule has 144 valence electrons. The molecule has 28 heavy (non-hydrogen) atoms. The summed E-state index contributed by atoms with van der Waals surface area (Å²) < 4.78 is 16.5. The van der Waals surface area contributed by atoms with Crippen LogP contribution >= 0.6 is 11.8 Å². The van der Waals surface area contributed by atoms with Gasteiger partial charge in [0.1, 0.15) is 11.3 Å². The molecule has 1 aliphatic heterocycles. The number of rotatable bonds is 6. The normalized spacial score (nSPS) is 15.4. The van der Waals surface area contributed by atoms with Gasteiger partial charge in [-0.25, -0.2) is 0 Å². The summed E-state index contributed by atoms with van der Waals surface area (Å²) in [5, 5.41) is 6.34. The van der Waals surface area contributed by atoms with Gasteiger partial charge in [0.05, 0.1) is 14.2 Å². The highest BCUT2D eigenvalue weighted by atomic mass is 32.2. The highest BCUT2D eigenvalue weighted by molar-refractivity contribution is 8.14. The number of hydrogen-bond acceptors (Lipinski definition) is 6. The monoisotopic (exact) mass is 395 g/mol. The first kappa shape index (κ1) is 18.4. The van der Waals surface area contributed by atoms with Gasteiger partial charge in [-0.1, -0.05) is 36.0 Å². The molecule has 0 aliphatic carbocycles. The highest BCUT2D eigenvalue weighted by Crippen LogP contribution is 2.27. The van der Waals surface area contributed by atoms with Crippen molar-refractivity contribution in [2.45, 2.75) is 6.42 Å². The molecule has 0 unspecified atom stereocenters. The van der Waals surface area contributed by atoms with Gasteiger partial charge in [0.2, 0.25) is 0 Å². The Morgan fingerprint density at radius 3 is 2.71 bits per heavy atom. The van der Waals surface area contributed by atoms with E-state index < -0.39 is 0 Å². The van der Waals surface area contributed by atoms with Crippen molar-refractivity contribution in [3.63, 3.8) is 0 Å². The van der Waals surface area contributed by atoms with Crippen LogP contribution in [0, 0.1) is 0 Å². The molecule has 0 radical (unpaired) electrons. The van der Waals surface area contributed by atoms with Crippen LogP contribution in [0.5, 0.6) is 11.5 Å². The fourth-order valence-corrected chi connectivity index (χ4v) is 3.74. The maximum Gasteiger partial charge on any atom is 0.177 e. The molecule has 0 bridgehead atoms. The van der Waals surface area contributed by atoms with E-state index in [0.717, 1.165) is 56.8 Å². The van der Waals surface area contributed by atoms with Gasteiger partial charge in [-0.05, 0) is 36.2 Å². The Morgan fingerprint density at radius 2 is 1.96 bits per heavy atom. The van der Waals surface area contributed by atoms with E-state index in [9.17, 15) is 0 Å². The second-order valence-corrected chi connectivity index (χ2v) is 7.20. The lowest BCUT2D eigenvalue weighted by atomic mass is 10.1. The average molecular weight is 395 g/mol. The molecule has 4 rings (SSSR count). The summed E-state index contributed by atoms with van der Waals surface area (Å²) in [6.07, 6.45) is 0.812. The number of amidine groups is 1. The molecule has 7 heteroatoms. The molecule has 1 N–H and O–H groups in total. The number of fused-ring (bicyclic) bond motifs is 1. The smallest absolute Gasteiger partial charge is 0.177 e. The minimum absolute atomic E-state index is 0.667. The Kier molecular flexibility index (Phi) is 5.53. The Balaban J connectivity index is 1.37. The van der Waals surface area contributed by atoms with Gasteiger partial charge in [-0.2, -0.15) is 5.10 Å². The summed E-state index contributed by atoms with van der Waals surface area (Å²) in [4.78, 5) is 4.61. The van der Waals surface area contributed by atoms with Crippen molar-refractivity contribution in [1.29, 1.82) is 0 Å². The SMILES string of the molecule is COc1ccc(CCN=C2NN=C(c3cc4ccccc4o3)CS2)cc1OC. The van der Waals surface area contributed by atoms with Gasteiger partial charge in [0.25, 0.3) is 0 Å². The summed E-state index contributed by atoms with van der Waals surface area (Å²) in [5.74, 6) is 2.99. The molecular weight excluding hydrogens is 374 g/mol. The number of thioether (sulfide) groups is 1. The lowest BCUT2D eigenvalue weighted by molar-refractivity contribution is 0.354. The molecule has 1 aliphatic rings. The molecule has 6 nitrogen and oxygen atoms in total. The fourth-order valence-electron chi connectivity index (χ4n) is 2.97. The summed E-state index contributed by atoms with van der Waals surface area (Å²) in [7, 11) is 3.28. The van der Waals surface area contributed by atoms with Crippen molar-refractivity contribution in [2.75, 3.05) is 26.5 Å². The van der Waals surface area contributed by atoms with Crippen LogP contribution in [0.15, 0.2) is 63.0 Å². The molecule has 2 heterocycles. The van der Waals surface area contributed by atoms with Crippen LogP contribution in [-0.4, -0.2) is 37.4 Å². The van der Waals surface area contributed by atoms with Crippen LogP contribution in [-0.2, 0) is 6.42 Å². The van der Waals surface area contributed by atoms with Crippen molar-refractivity contribution >= 4 is 33.6 Å². The fraction of sp³-hybridized carbons (Fsp3) is 0.238. The van der Waals surface area contributed by atoms with Gasteiger partial charge in [0.15, 0.2) is 22.4 Å². The van der Waals surface area contributed by atoms with E-state index >= 15 is 0 Å². The standard InChI is InChI=1S/C21H21N3O3S/c1-25-18-8-7-14(11-20(18)26-2)9-10-22-21-24-23-16(13-28-21)19-12-15-5-3-4-6-17(15)27-19/h3-8,11-12H,9-10,13H2,1-2H3,(H,22,24). The molecule has 2 aromatic carbocycles. The van der Waals surface area contributed by atoms with Crippen LogP contribution in [0.25, 0.3) is 11.0 Å². The number of nitrogens with one attached hydrogen (secondary N) is 1. The summed E-state index contributed by atoms with van der Waals surface area (Å²) in [5.41, 5.74) is 5.95. The third-order valence-electron chi connectivity index (χ3n) is 4.45. The first-order chi connectivity index (χ1) is 13.8. The molecule has 0 amide bonds. The highest BCUT2D eigenvalue weighted by Gasteiger charge is 2.16. The number of nitrogens with zero attached hydrogens (tertiary/aromatic N) is 2. The van der Waals surface area contributed by atoms with Crippen molar-refractivity contribution in [2.24, 2.45) is 10.1 Å². The van der Waals surface area contributed by atoms with Crippen LogP contribution < -0.4 is 14.9 Å². The number of ether oxygens (including phenoxy) is 2. The lowest BCUT2D eigenvalue weighted by Crippen LogP contribution is -2.25. The largest absolute Gasteiger partial charge is 0.493 e. The zero-order valence-corrected chi connectivity index (χ0v) is 16.6. The number of aliphatic imine (C=N–C) groups is 1. The van der Waals surface area contributed by atoms with Crippen molar-refractivity contribution in [1.82, 2.24) is 5.43 Å². The van der Waals surface area contributed by atoms with E-state index in [1.54, 1.807) is 26.0 Å². The summed E-state index contributed by atoms with van der Waals surface area (Å²) >= 11 is 1.63. The van der Waals surface area contributed by atoms with Crippen LogP contribution in [0.2, 0.25) is 0 Å². The third kappa shape index (κ3) is 3.99. The van der Waals surface area contributed by atoms with Gasteiger partial charge >= 0.3 is 0 Å². The predicted molar refractivity (Wildman–Crippen MR) is 114 cm³/mol. The maximum absolute atomic E-state index is 5.88.